The first kappa shape index (κ1) is 14.0. The van der Waals surface area contributed by atoms with Crippen LogP contribution in [0.15, 0.2) is 22.7 Å². The summed E-state index contributed by atoms with van der Waals surface area (Å²) in [6, 6.07) is 6.08. The van der Waals surface area contributed by atoms with E-state index in [2.05, 4.69) is 33.2 Å². The molecule has 2 nitrogen and oxygen atoms in total. The molecule has 1 heterocycles. The Labute approximate surface area is 125 Å². The highest BCUT2D eigenvalue weighted by molar-refractivity contribution is 9.10. The van der Waals surface area contributed by atoms with Gasteiger partial charge < -0.3 is 5.32 Å². The molecule has 0 saturated carbocycles. The van der Waals surface area contributed by atoms with Crippen molar-refractivity contribution in [3.05, 3.63) is 38.3 Å². The van der Waals surface area contributed by atoms with E-state index in [9.17, 15) is 0 Å². The number of halogens is 2. The van der Waals surface area contributed by atoms with Crippen molar-refractivity contribution in [3.8, 4) is 10.6 Å². The molecule has 2 rings (SSSR count). The van der Waals surface area contributed by atoms with Crippen LogP contribution in [0, 0.1) is 6.92 Å². The molecule has 1 atom stereocenters. The number of hydrogen-bond donors (Lipinski definition) is 1. The SMILES string of the molecule is CNC(C)c1sc(-c2cc(Cl)ccc2Br)nc1C. The zero-order valence-electron chi connectivity index (χ0n) is 10.4. The Balaban J connectivity index is 2.49. The largest absolute Gasteiger partial charge is 0.312 e. The third-order valence-electron chi connectivity index (χ3n) is 2.82. The molecule has 1 unspecified atom stereocenters. The van der Waals surface area contributed by atoms with Crippen molar-refractivity contribution in [2.45, 2.75) is 19.9 Å². The van der Waals surface area contributed by atoms with Crippen LogP contribution in [0.5, 0.6) is 0 Å². The third kappa shape index (κ3) is 2.77. The highest BCUT2D eigenvalue weighted by Gasteiger charge is 2.15. The Morgan fingerprint density at radius 2 is 2.17 bits per heavy atom. The minimum atomic E-state index is 0.314. The molecular weight excluding hydrogens is 332 g/mol. The average Bonchev–Trinajstić information content (AvgIpc) is 2.73. The predicted octanol–water partition coefficient (Wildman–Crippen LogP) is 4.81. The lowest BCUT2D eigenvalue weighted by atomic mass is 10.2. The summed E-state index contributed by atoms with van der Waals surface area (Å²) in [5.41, 5.74) is 2.12. The van der Waals surface area contributed by atoms with Crippen LogP contribution >= 0.6 is 38.9 Å². The maximum atomic E-state index is 6.05. The minimum Gasteiger partial charge on any atom is -0.312 e. The highest BCUT2D eigenvalue weighted by atomic mass is 79.9. The molecule has 18 heavy (non-hydrogen) atoms. The molecule has 96 valence electrons. The van der Waals surface area contributed by atoms with Gasteiger partial charge in [-0.25, -0.2) is 4.98 Å². The van der Waals surface area contributed by atoms with Crippen LogP contribution in [0.25, 0.3) is 10.6 Å². The van der Waals surface area contributed by atoms with Gasteiger partial charge in [-0.3, -0.25) is 0 Å². The Hall–Kier alpha value is -0.420. The van der Waals surface area contributed by atoms with Crippen LogP contribution in [-0.2, 0) is 0 Å². The second-order valence-corrected chi connectivity index (χ2v) is 6.42. The molecule has 0 saturated heterocycles. The first-order valence-corrected chi connectivity index (χ1v) is 7.61. The summed E-state index contributed by atoms with van der Waals surface area (Å²) in [7, 11) is 1.96. The predicted molar refractivity (Wildman–Crippen MR) is 82.5 cm³/mol. The fourth-order valence-electron chi connectivity index (χ4n) is 1.72. The van der Waals surface area contributed by atoms with Gasteiger partial charge in [-0.2, -0.15) is 0 Å². The summed E-state index contributed by atoms with van der Waals surface area (Å²) < 4.78 is 1.02. The van der Waals surface area contributed by atoms with Gasteiger partial charge >= 0.3 is 0 Å². The summed E-state index contributed by atoms with van der Waals surface area (Å²) >= 11 is 11.3. The number of nitrogens with zero attached hydrogens (tertiary/aromatic N) is 1. The van der Waals surface area contributed by atoms with E-state index in [0.29, 0.717) is 6.04 Å². The Morgan fingerprint density at radius 1 is 1.44 bits per heavy atom. The van der Waals surface area contributed by atoms with Gasteiger partial charge in [0.1, 0.15) is 5.01 Å². The van der Waals surface area contributed by atoms with Crippen molar-refractivity contribution in [1.29, 1.82) is 0 Å². The zero-order chi connectivity index (χ0) is 13.3. The molecule has 0 amide bonds. The van der Waals surface area contributed by atoms with E-state index in [-0.39, 0.29) is 0 Å². The summed E-state index contributed by atoms with van der Waals surface area (Å²) in [6.07, 6.45) is 0. The molecule has 0 aliphatic rings. The molecule has 1 N–H and O–H groups in total. The standard InChI is InChI=1S/C13H14BrClN2S/c1-7(16-3)12-8(2)17-13(18-12)10-6-9(15)4-5-11(10)14/h4-7,16H,1-3H3. The molecule has 0 spiro atoms. The average molecular weight is 346 g/mol. The quantitative estimate of drug-likeness (QED) is 0.863. The van der Waals surface area contributed by atoms with E-state index in [1.807, 2.05) is 32.2 Å². The lowest BCUT2D eigenvalue weighted by Gasteiger charge is -2.07. The monoisotopic (exact) mass is 344 g/mol. The minimum absolute atomic E-state index is 0.314. The number of aryl methyl sites for hydroxylation is 1. The normalized spacial score (nSPS) is 12.7. The van der Waals surface area contributed by atoms with Crippen molar-refractivity contribution in [1.82, 2.24) is 10.3 Å². The summed E-state index contributed by atoms with van der Waals surface area (Å²) in [5, 5.41) is 4.97. The van der Waals surface area contributed by atoms with Gasteiger partial charge in [-0.15, -0.1) is 11.3 Å². The summed E-state index contributed by atoms with van der Waals surface area (Å²) in [4.78, 5) is 5.91. The van der Waals surface area contributed by atoms with Crippen LogP contribution in [0.4, 0.5) is 0 Å². The fourth-order valence-corrected chi connectivity index (χ4v) is 3.61. The molecule has 0 fully saturated rings. The third-order valence-corrected chi connectivity index (χ3v) is 5.12. The van der Waals surface area contributed by atoms with Gasteiger partial charge in [0.2, 0.25) is 0 Å². The topological polar surface area (TPSA) is 24.9 Å². The van der Waals surface area contributed by atoms with E-state index >= 15 is 0 Å². The number of rotatable bonds is 3. The van der Waals surface area contributed by atoms with Crippen LogP contribution in [0.1, 0.15) is 23.5 Å². The van der Waals surface area contributed by atoms with E-state index < -0.39 is 0 Å². The fraction of sp³-hybridized carbons (Fsp3) is 0.308. The number of nitrogens with one attached hydrogen (secondary N) is 1. The van der Waals surface area contributed by atoms with Crippen LogP contribution < -0.4 is 5.32 Å². The molecule has 0 aliphatic carbocycles. The smallest absolute Gasteiger partial charge is 0.125 e. The number of aromatic nitrogens is 1. The zero-order valence-corrected chi connectivity index (χ0v) is 13.6. The van der Waals surface area contributed by atoms with Crippen molar-refractivity contribution < 1.29 is 0 Å². The number of hydrogen-bond acceptors (Lipinski definition) is 3. The van der Waals surface area contributed by atoms with Crippen LogP contribution in [-0.4, -0.2) is 12.0 Å². The van der Waals surface area contributed by atoms with Crippen LogP contribution in [0.2, 0.25) is 5.02 Å². The summed E-state index contributed by atoms with van der Waals surface area (Å²) in [5.74, 6) is 0. The van der Waals surface area contributed by atoms with Gasteiger partial charge in [0, 0.05) is 26.0 Å². The Bertz CT molecular complexity index is 568. The van der Waals surface area contributed by atoms with Gasteiger partial charge in [0.05, 0.1) is 5.69 Å². The molecule has 0 bridgehead atoms. The van der Waals surface area contributed by atoms with E-state index in [1.165, 1.54) is 4.88 Å². The van der Waals surface area contributed by atoms with Crippen molar-refractivity contribution >= 4 is 38.9 Å². The van der Waals surface area contributed by atoms with Gasteiger partial charge in [0.25, 0.3) is 0 Å². The second-order valence-electron chi connectivity index (χ2n) is 4.10. The molecule has 1 aromatic heterocycles. The summed E-state index contributed by atoms with van der Waals surface area (Å²) in [6.45, 7) is 4.18. The molecule has 0 aliphatic heterocycles. The van der Waals surface area contributed by atoms with Gasteiger partial charge in [0.15, 0.2) is 0 Å². The number of benzene rings is 1. The maximum absolute atomic E-state index is 6.05. The highest BCUT2D eigenvalue weighted by Crippen LogP contribution is 2.36. The lowest BCUT2D eigenvalue weighted by molar-refractivity contribution is 0.658. The van der Waals surface area contributed by atoms with E-state index in [1.54, 1.807) is 11.3 Å². The van der Waals surface area contributed by atoms with Crippen molar-refractivity contribution in [2.75, 3.05) is 7.05 Å². The maximum Gasteiger partial charge on any atom is 0.125 e. The molecular formula is C13H14BrClN2S. The molecule has 2 aromatic rings. The Morgan fingerprint density at radius 3 is 2.83 bits per heavy atom. The van der Waals surface area contributed by atoms with Crippen molar-refractivity contribution in [3.63, 3.8) is 0 Å². The molecule has 5 heteroatoms. The second kappa shape index (κ2) is 5.70. The lowest BCUT2D eigenvalue weighted by Crippen LogP contribution is -2.11. The first-order valence-electron chi connectivity index (χ1n) is 5.63. The first-order chi connectivity index (χ1) is 8.52. The molecule has 1 aromatic carbocycles. The van der Waals surface area contributed by atoms with Gasteiger partial charge in [-0.05, 0) is 39.1 Å². The van der Waals surface area contributed by atoms with E-state index in [4.69, 9.17) is 11.6 Å². The molecule has 0 radical (unpaired) electrons. The number of thiazole rings is 1. The Kier molecular flexibility index (Phi) is 4.43. The van der Waals surface area contributed by atoms with Gasteiger partial charge in [-0.1, -0.05) is 27.5 Å². The van der Waals surface area contributed by atoms with Crippen LogP contribution in [0.3, 0.4) is 0 Å². The van der Waals surface area contributed by atoms with E-state index in [0.717, 1.165) is 25.8 Å². The van der Waals surface area contributed by atoms with Crippen molar-refractivity contribution in [2.24, 2.45) is 0 Å².